The number of carboxylic acids is 1. The molecule has 3 nitrogen and oxygen atoms in total. The zero-order valence-electron chi connectivity index (χ0n) is 11.9. The first-order chi connectivity index (χ1) is 10.7. The summed E-state index contributed by atoms with van der Waals surface area (Å²) in [5, 5.41) is 9.10. The molecular weight excluding hydrogens is 274 g/mol. The Labute approximate surface area is 128 Å². The third-order valence-corrected chi connectivity index (χ3v) is 3.54. The molecule has 0 spiro atoms. The van der Waals surface area contributed by atoms with E-state index >= 15 is 0 Å². The highest BCUT2D eigenvalue weighted by Gasteiger charge is 2.09. The van der Waals surface area contributed by atoms with E-state index in [4.69, 9.17) is 5.11 Å². The number of aromatic carboxylic acids is 1. The number of pyridine rings is 1. The van der Waals surface area contributed by atoms with Gasteiger partial charge in [-0.05, 0) is 40.8 Å². The fourth-order valence-electron chi connectivity index (χ4n) is 2.49. The molecule has 3 rings (SSSR count). The standard InChI is InChI=1S/C19H15NO2/c21-19(22)18-13-16(10-11-20-18)17-9-5-4-8-15(17)12-14-6-2-1-3-7-14/h1-11,13H,12H2,(H,21,22). The minimum Gasteiger partial charge on any atom is -0.477 e. The summed E-state index contributed by atoms with van der Waals surface area (Å²) in [4.78, 5) is 15.0. The predicted molar refractivity (Wildman–Crippen MR) is 85.9 cm³/mol. The van der Waals surface area contributed by atoms with Crippen LogP contribution in [0.15, 0.2) is 72.9 Å². The molecule has 1 heterocycles. The van der Waals surface area contributed by atoms with Gasteiger partial charge in [0, 0.05) is 6.20 Å². The van der Waals surface area contributed by atoms with Crippen LogP contribution in [0.25, 0.3) is 11.1 Å². The molecule has 0 aliphatic carbocycles. The Morgan fingerprint density at radius 1 is 0.955 bits per heavy atom. The van der Waals surface area contributed by atoms with E-state index in [-0.39, 0.29) is 5.69 Å². The second-order valence-corrected chi connectivity index (χ2v) is 5.05. The van der Waals surface area contributed by atoms with Crippen LogP contribution in [0.4, 0.5) is 0 Å². The lowest BCUT2D eigenvalue weighted by molar-refractivity contribution is 0.0690. The minimum atomic E-state index is -1.01. The van der Waals surface area contributed by atoms with Crippen LogP contribution in [-0.4, -0.2) is 16.1 Å². The zero-order chi connectivity index (χ0) is 15.4. The normalized spacial score (nSPS) is 10.4. The van der Waals surface area contributed by atoms with Gasteiger partial charge in [0.1, 0.15) is 5.69 Å². The first-order valence-corrected chi connectivity index (χ1v) is 7.05. The average molecular weight is 289 g/mol. The minimum absolute atomic E-state index is 0.0621. The zero-order valence-corrected chi connectivity index (χ0v) is 11.9. The molecule has 0 saturated heterocycles. The number of nitrogens with zero attached hydrogens (tertiary/aromatic N) is 1. The monoisotopic (exact) mass is 289 g/mol. The lowest BCUT2D eigenvalue weighted by Crippen LogP contribution is -2.00. The Morgan fingerprint density at radius 2 is 1.68 bits per heavy atom. The van der Waals surface area contributed by atoms with E-state index in [9.17, 15) is 4.79 Å². The van der Waals surface area contributed by atoms with Gasteiger partial charge in [0.2, 0.25) is 0 Å². The van der Waals surface area contributed by atoms with Crippen LogP contribution in [0.3, 0.4) is 0 Å². The predicted octanol–water partition coefficient (Wildman–Crippen LogP) is 4.04. The van der Waals surface area contributed by atoms with Gasteiger partial charge in [-0.25, -0.2) is 9.78 Å². The highest BCUT2D eigenvalue weighted by Crippen LogP contribution is 2.26. The Morgan fingerprint density at radius 3 is 2.45 bits per heavy atom. The van der Waals surface area contributed by atoms with Crippen molar-refractivity contribution < 1.29 is 9.90 Å². The average Bonchev–Trinajstić information content (AvgIpc) is 2.56. The maximum atomic E-state index is 11.1. The Bertz CT molecular complexity index is 797. The van der Waals surface area contributed by atoms with E-state index in [1.54, 1.807) is 6.07 Å². The van der Waals surface area contributed by atoms with Crippen molar-refractivity contribution in [3.63, 3.8) is 0 Å². The lowest BCUT2D eigenvalue weighted by atomic mass is 9.95. The highest BCUT2D eigenvalue weighted by atomic mass is 16.4. The third kappa shape index (κ3) is 3.04. The summed E-state index contributed by atoms with van der Waals surface area (Å²) in [6, 6.07) is 21.7. The molecule has 0 fully saturated rings. The molecule has 1 aromatic heterocycles. The summed E-state index contributed by atoms with van der Waals surface area (Å²) in [6.07, 6.45) is 2.35. The largest absolute Gasteiger partial charge is 0.477 e. The van der Waals surface area contributed by atoms with Gasteiger partial charge in [0.05, 0.1) is 0 Å². The molecule has 2 aromatic carbocycles. The van der Waals surface area contributed by atoms with E-state index in [1.165, 1.54) is 11.8 Å². The van der Waals surface area contributed by atoms with Gasteiger partial charge in [-0.3, -0.25) is 0 Å². The van der Waals surface area contributed by atoms with Gasteiger partial charge >= 0.3 is 5.97 Å². The molecule has 22 heavy (non-hydrogen) atoms. The highest BCUT2D eigenvalue weighted by molar-refractivity contribution is 5.87. The van der Waals surface area contributed by atoms with E-state index in [0.29, 0.717) is 0 Å². The SMILES string of the molecule is O=C(O)c1cc(-c2ccccc2Cc2ccccc2)ccn1. The Hall–Kier alpha value is -2.94. The number of carboxylic acid groups (broad SMARTS) is 1. The van der Waals surface area contributed by atoms with Crippen LogP contribution in [0, 0.1) is 0 Å². The van der Waals surface area contributed by atoms with Gasteiger partial charge in [-0.15, -0.1) is 0 Å². The van der Waals surface area contributed by atoms with Crippen molar-refractivity contribution in [2.24, 2.45) is 0 Å². The van der Waals surface area contributed by atoms with Crippen molar-refractivity contribution in [1.82, 2.24) is 4.98 Å². The molecule has 0 saturated carbocycles. The quantitative estimate of drug-likeness (QED) is 0.788. The molecule has 1 N–H and O–H groups in total. The molecule has 0 aliphatic heterocycles. The van der Waals surface area contributed by atoms with E-state index in [1.807, 2.05) is 42.5 Å². The molecule has 0 amide bonds. The van der Waals surface area contributed by atoms with Crippen LogP contribution in [0.5, 0.6) is 0 Å². The number of carbonyl (C=O) groups is 1. The fraction of sp³-hybridized carbons (Fsp3) is 0.0526. The maximum Gasteiger partial charge on any atom is 0.354 e. The van der Waals surface area contributed by atoms with Gasteiger partial charge in [-0.2, -0.15) is 0 Å². The van der Waals surface area contributed by atoms with Crippen molar-refractivity contribution in [3.8, 4) is 11.1 Å². The first kappa shape index (κ1) is 14.0. The fourth-order valence-corrected chi connectivity index (χ4v) is 2.49. The van der Waals surface area contributed by atoms with Crippen molar-refractivity contribution in [2.75, 3.05) is 0 Å². The topological polar surface area (TPSA) is 50.2 Å². The van der Waals surface area contributed by atoms with Crippen LogP contribution >= 0.6 is 0 Å². The number of aromatic nitrogens is 1. The summed E-state index contributed by atoms with van der Waals surface area (Å²) in [5.74, 6) is -1.01. The summed E-state index contributed by atoms with van der Waals surface area (Å²) in [6.45, 7) is 0. The number of hydrogen-bond donors (Lipinski definition) is 1. The van der Waals surface area contributed by atoms with E-state index < -0.39 is 5.97 Å². The molecule has 108 valence electrons. The lowest BCUT2D eigenvalue weighted by Gasteiger charge is -2.10. The summed E-state index contributed by atoms with van der Waals surface area (Å²) >= 11 is 0. The van der Waals surface area contributed by atoms with Crippen LogP contribution in [-0.2, 0) is 6.42 Å². The molecular formula is C19H15NO2. The van der Waals surface area contributed by atoms with E-state index in [2.05, 4.69) is 23.2 Å². The molecule has 0 radical (unpaired) electrons. The second kappa shape index (κ2) is 6.22. The number of rotatable bonds is 4. The first-order valence-electron chi connectivity index (χ1n) is 7.05. The Kier molecular flexibility index (Phi) is 3.97. The van der Waals surface area contributed by atoms with Crippen molar-refractivity contribution in [3.05, 3.63) is 89.7 Å². The van der Waals surface area contributed by atoms with Crippen molar-refractivity contribution in [2.45, 2.75) is 6.42 Å². The van der Waals surface area contributed by atoms with Gasteiger partial charge < -0.3 is 5.11 Å². The molecule has 3 heteroatoms. The van der Waals surface area contributed by atoms with E-state index in [0.717, 1.165) is 23.1 Å². The van der Waals surface area contributed by atoms with Crippen molar-refractivity contribution >= 4 is 5.97 Å². The third-order valence-electron chi connectivity index (χ3n) is 3.54. The maximum absolute atomic E-state index is 11.1. The summed E-state index contributed by atoms with van der Waals surface area (Å²) < 4.78 is 0. The van der Waals surface area contributed by atoms with Gasteiger partial charge in [0.25, 0.3) is 0 Å². The van der Waals surface area contributed by atoms with Crippen LogP contribution in [0.1, 0.15) is 21.6 Å². The molecule has 3 aromatic rings. The summed E-state index contributed by atoms with van der Waals surface area (Å²) in [7, 11) is 0. The Balaban J connectivity index is 2.01. The van der Waals surface area contributed by atoms with Gasteiger partial charge in [-0.1, -0.05) is 54.6 Å². The molecule has 0 aliphatic rings. The number of hydrogen-bond acceptors (Lipinski definition) is 2. The molecule has 0 bridgehead atoms. The van der Waals surface area contributed by atoms with Crippen LogP contribution in [0.2, 0.25) is 0 Å². The van der Waals surface area contributed by atoms with Gasteiger partial charge in [0.15, 0.2) is 0 Å². The number of benzene rings is 2. The summed E-state index contributed by atoms with van der Waals surface area (Å²) in [5.41, 5.74) is 4.36. The van der Waals surface area contributed by atoms with Crippen LogP contribution < -0.4 is 0 Å². The second-order valence-electron chi connectivity index (χ2n) is 5.05. The van der Waals surface area contributed by atoms with Crippen molar-refractivity contribution in [1.29, 1.82) is 0 Å². The smallest absolute Gasteiger partial charge is 0.354 e. The molecule has 0 atom stereocenters. The molecule has 0 unspecified atom stereocenters.